The van der Waals surface area contributed by atoms with Crippen molar-refractivity contribution in [3.63, 3.8) is 0 Å². The zero-order chi connectivity index (χ0) is 14.3. The zero-order valence-electron chi connectivity index (χ0n) is 10.8. The summed E-state index contributed by atoms with van der Waals surface area (Å²) < 4.78 is 5.79. The molecule has 20 heavy (non-hydrogen) atoms. The Bertz CT molecular complexity index is 581. The van der Waals surface area contributed by atoms with Crippen LogP contribution in [0.4, 0.5) is 5.69 Å². The number of Topliss-reactive ketones (excluding diaryl/α,β-unsaturated/α-hetero) is 1. The average molecular weight is 296 g/mol. The highest BCUT2D eigenvalue weighted by molar-refractivity contribution is 6.32. The van der Waals surface area contributed by atoms with Crippen LogP contribution < -0.4 is 4.74 Å². The van der Waals surface area contributed by atoms with Crippen molar-refractivity contribution in [2.45, 2.75) is 38.2 Å². The fourth-order valence-electron chi connectivity index (χ4n) is 3.28. The Morgan fingerprint density at radius 1 is 1.35 bits per heavy atom. The molecule has 5 nitrogen and oxygen atoms in total. The number of para-hydroxylation sites is 1. The predicted molar refractivity (Wildman–Crippen MR) is 73.0 cm³/mol. The second-order valence-electron chi connectivity index (χ2n) is 5.44. The van der Waals surface area contributed by atoms with Gasteiger partial charge in [0.1, 0.15) is 11.9 Å². The van der Waals surface area contributed by atoms with E-state index in [-0.39, 0.29) is 28.3 Å². The first kappa shape index (κ1) is 13.4. The van der Waals surface area contributed by atoms with E-state index in [0.717, 1.165) is 25.7 Å². The van der Waals surface area contributed by atoms with E-state index in [1.807, 2.05) is 0 Å². The van der Waals surface area contributed by atoms with Crippen LogP contribution in [0.25, 0.3) is 0 Å². The van der Waals surface area contributed by atoms with Gasteiger partial charge in [-0.15, -0.1) is 0 Å². The van der Waals surface area contributed by atoms with E-state index in [1.165, 1.54) is 12.1 Å². The second kappa shape index (κ2) is 4.74. The fourth-order valence-corrected chi connectivity index (χ4v) is 3.49. The summed E-state index contributed by atoms with van der Waals surface area (Å²) in [4.78, 5) is 22.4. The molecule has 2 aliphatic carbocycles. The molecule has 0 saturated heterocycles. The molecule has 1 unspecified atom stereocenters. The molecule has 106 valence electrons. The molecule has 0 aromatic heterocycles. The Morgan fingerprint density at radius 3 is 2.65 bits per heavy atom. The number of halogens is 1. The van der Waals surface area contributed by atoms with E-state index in [9.17, 15) is 14.9 Å². The Hall–Kier alpha value is -1.62. The number of ether oxygens (including phenoxy) is 1. The molecule has 0 aliphatic heterocycles. The molecule has 1 spiro atoms. The molecule has 1 aromatic rings. The largest absolute Gasteiger partial charge is 0.481 e. The zero-order valence-corrected chi connectivity index (χ0v) is 11.6. The smallest absolute Gasteiger partial charge is 0.312 e. The van der Waals surface area contributed by atoms with Gasteiger partial charge in [0.05, 0.1) is 15.4 Å². The Kier molecular flexibility index (Phi) is 3.17. The van der Waals surface area contributed by atoms with Crippen LogP contribution in [0.2, 0.25) is 5.02 Å². The maximum atomic E-state index is 11.9. The Balaban J connectivity index is 1.89. The summed E-state index contributed by atoms with van der Waals surface area (Å²) in [6.45, 7) is 0. The van der Waals surface area contributed by atoms with Crippen LogP contribution >= 0.6 is 11.6 Å². The minimum atomic E-state index is -0.511. The highest BCUT2D eigenvalue weighted by Gasteiger charge is 2.57. The van der Waals surface area contributed by atoms with Crippen molar-refractivity contribution in [1.82, 2.24) is 0 Å². The lowest BCUT2D eigenvalue weighted by Gasteiger charge is -2.44. The highest BCUT2D eigenvalue weighted by atomic mass is 35.5. The molecule has 2 fully saturated rings. The number of nitro benzene ring substituents is 1. The SMILES string of the molecule is O=C1CC(Oc2c(Cl)cccc2[N+](=O)[O-])C12CCCC2. The van der Waals surface area contributed by atoms with E-state index in [2.05, 4.69) is 0 Å². The molecule has 0 N–H and O–H groups in total. The molecule has 1 atom stereocenters. The first-order valence-electron chi connectivity index (χ1n) is 6.67. The lowest BCUT2D eigenvalue weighted by atomic mass is 9.63. The average Bonchev–Trinajstić information content (AvgIpc) is 2.92. The van der Waals surface area contributed by atoms with Crippen LogP contribution in [0.15, 0.2) is 18.2 Å². The van der Waals surface area contributed by atoms with Gasteiger partial charge in [0.15, 0.2) is 0 Å². The molecule has 2 saturated carbocycles. The number of hydrogen-bond acceptors (Lipinski definition) is 4. The monoisotopic (exact) mass is 295 g/mol. The van der Waals surface area contributed by atoms with Gasteiger partial charge in [0, 0.05) is 12.5 Å². The van der Waals surface area contributed by atoms with Gasteiger partial charge in [-0.2, -0.15) is 0 Å². The first-order valence-corrected chi connectivity index (χ1v) is 7.05. The van der Waals surface area contributed by atoms with Gasteiger partial charge in [-0.05, 0) is 18.9 Å². The summed E-state index contributed by atoms with van der Waals surface area (Å²) in [6, 6.07) is 4.44. The van der Waals surface area contributed by atoms with Crippen molar-refractivity contribution in [3.8, 4) is 5.75 Å². The number of carbonyl (C=O) groups excluding carboxylic acids is 1. The molecular weight excluding hydrogens is 282 g/mol. The molecule has 6 heteroatoms. The molecule has 0 bridgehead atoms. The summed E-state index contributed by atoms with van der Waals surface area (Å²) in [5, 5.41) is 11.3. The van der Waals surface area contributed by atoms with Crippen molar-refractivity contribution >= 4 is 23.1 Å². The van der Waals surface area contributed by atoms with Crippen molar-refractivity contribution < 1.29 is 14.5 Å². The maximum absolute atomic E-state index is 11.9. The first-order chi connectivity index (χ1) is 9.54. The lowest BCUT2D eigenvalue weighted by molar-refractivity contribution is -0.386. The number of rotatable bonds is 3. The standard InChI is InChI=1S/C14H14ClNO4/c15-9-4-3-5-10(16(18)19)13(9)20-12-8-11(17)14(12)6-1-2-7-14/h3-5,12H,1-2,6-8H2. The third-order valence-corrected chi connectivity index (χ3v) is 4.74. The summed E-state index contributed by atoms with van der Waals surface area (Å²) in [7, 11) is 0. The summed E-state index contributed by atoms with van der Waals surface area (Å²) in [6.07, 6.45) is 3.69. The number of hydrogen-bond donors (Lipinski definition) is 0. The van der Waals surface area contributed by atoms with Crippen molar-refractivity contribution in [2.75, 3.05) is 0 Å². The van der Waals surface area contributed by atoms with Crippen LogP contribution in [-0.4, -0.2) is 16.8 Å². The van der Waals surface area contributed by atoms with Crippen molar-refractivity contribution in [3.05, 3.63) is 33.3 Å². The van der Waals surface area contributed by atoms with Crippen molar-refractivity contribution in [1.29, 1.82) is 0 Å². The van der Waals surface area contributed by atoms with Gasteiger partial charge in [-0.3, -0.25) is 14.9 Å². The van der Waals surface area contributed by atoms with Gasteiger partial charge < -0.3 is 4.74 Å². The summed E-state index contributed by atoms with van der Waals surface area (Å²) in [5.74, 6) is 0.303. The van der Waals surface area contributed by atoms with Crippen molar-refractivity contribution in [2.24, 2.45) is 5.41 Å². The molecule has 2 aliphatic rings. The predicted octanol–water partition coefficient (Wildman–Crippen LogP) is 3.53. The minimum Gasteiger partial charge on any atom is -0.481 e. The lowest BCUT2D eigenvalue weighted by Crippen LogP contribution is -2.55. The Labute approximate surface area is 121 Å². The van der Waals surface area contributed by atoms with Gasteiger partial charge in [-0.25, -0.2) is 0 Å². The summed E-state index contributed by atoms with van der Waals surface area (Å²) in [5.41, 5.74) is -0.572. The van der Waals surface area contributed by atoms with E-state index in [0.29, 0.717) is 6.42 Å². The van der Waals surface area contributed by atoms with Gasteiger partial charge in [0.2, 0.25) is 5.75 Å². The van der Waals surface area contributed by atoms with Gasteiger partial charge in [-0.1, -0.05) is 30.5 Å². The fraction of sp³-hybridized carbons (Fsp3) is 0.500. The normalized spacial score (nSPS) is 23.6. The summed E-state index contributed by atoms with van der Waals surface area (Å²) >= 11 is 6.02. The molecule has 0 amide bonds. The quantitative estimate of drug-likeness (QED) is 0.632. The number of nitro groups is 1. The highest BCUT2D eigenvalue weighted by Crippen LogP contribution is 2.53. The minimum absolute atomic E-state index is 0.0861. The second-order valence-corrected chi connectivity index (χ2v) is 5.85. The van der Waals surface area contributed by atoms with Gasteiger partial charge in [0.25, 0.3) is 0 Å². The molecule has 3 rings (SSSR count). The van der Waals surface area contributed by atoms with E-state index in [1.54, 1.807) is 6.07 Å². The van der Waals surface area contributed by atoms with E-state index in [4.69, 9.17) is 16.3 Å². The van der Waals surface area contributed by atoms with Crippen LogP contribution in [0, 0.1) is 15.5 Å². The molecule has 0 radical (unpaired) electrons. The Morgan fingerprint density at radius 2 is 2.05 bits per heavy atom. The number of benzene rings is 1. The van der Waals surface area contributed by atoms with E-state index >= 15 is 0 Å². The van der Waals surface area contributed by atoms with Crippen LogP contribution in [0.5, 0.6) is 5.75 Å². The number of ketones is 1. The van der Waals surface area contributed by atoms with E-state index < -0.39 is 10.3 Å². The van der Waals surface area contributed by atoms with Gasteiger partial charge >= 0.3 is 5.69 Å². The van der Waals surface area contributed by atoms with Crippen LogP contribution in [0.3, 0.4) is 0 Å². The molecule has 1 aromatic carbocycles. The third kappa shape index (κ3) is 1.88. The number of nitrogens with zero attached hydrogens (tertiary/aromatic N) is 1. The topological polar surface area (TPSA) is 69.4 Å². The third-order valence-electron chi connectivity index (χ3n) is 4.44. The number of carbonyl (C=O) groups is 1. The molecular formula is C14H14ClNO4. The molecule has 0 heterocycles. The maximum Gasteiger partial charge on any atom is 0.312 e. The van der Waals surface area contributed by atoms with Crippen LogP contribution in [-0.2, 0) is 4.79 Å². The van der Waals surface area contributed by atoms with Crippen LogP contribution in [0.1, 0.15) is 32.1 Å².